The van der Waals surface area contributed by atoms with Crippen LogP contribution in [0.15, 0.2) is 53.4 Å². The molecule has 5 nitrogen and oxygen atoms in total. The molecule has 0 saturated carbocycles. The average molecular weight is 387 g/mol. The molecule has 144 valence electrons. The lowest BCUT2D eigenvalue weighted by atomic mass is 10.1. The molecule has 0 unspecified atom stereocenters. The van der Waals surface area contributed by atoms with Crippen LogP contribution < -0.4 is 10.2 Å². The van der Waals surface area contributed by atoms with Crippen LogP contribution in [-0.4, -0.2) is 32.7 Å². The third kappa shape index (κ3) is 4.50. The Morgan fingerprint density at radius 1 is 1.00 bits per heavy atom. The number of nitrogens with zero attached hydrogens (tertiary/aromatic N) is 1. The Kier molecular flexibility index (Phi) is 5.85. The SMILES string of the molecule is CC(C)S(=O)(=O)c1ccc(C(=O)Nc2cccc(N3CCCCC3)c2)cc1. The second-order valence-electron chi connectivity index (χ2n) is 7.17. The molecule has 0 atom stereocenters. The van der Waals surface area contributed by atoms with Crippen molar-refractivity contribution in [3.05, 3.63) is 54.1 Å². The highest BCUT2D eigenvalue weighted by molar-refractivity contribution is 7.92. The van der Waals surface area contributed by atoms with Crippen LogP contribution in [0.3, 0.4) is 0 Å². The maximum atomic E-state index is 12.5. The van der Waals surface area contributed by atoms with Crippen molar-refractivity contribution in [2.75, 3.05) is 23.3 Å². The van der Waals surface area contributed by atoms with E-state index in [2.05, 4.69) is 16.3 Å². The van der Waals surface area contributed by atoms with Crippen LogP contribution in [0.2, 0.25) is 0 Å². The van der Waals surface area contributed by atoms with Crippen molar-refractivity contribution in [2.45, 2.75) is 43.3 Å². The molecule has 0 aliphatic carbocycles. The number of nitrogens with one attached hydrogen (secondary N) is 1. The molecule has 1 amide bonds. The Balaban J connectivity index is 1.72. The highest BCUT2D eigenvalue weighted by atomic mass is 32.2. The molecule has 1 aliphatic heterocycles. The molecule has 1 fully saturated rings. The molecular weight excluding hydrogens is 360 g/mol. The van der Waals surface area contributed by atoms with Gasteiger partial charge in [-0.05, 0) is 75.6 Å². The number of carbonyl (C=O) groups excluding carboxylic acids is 1. The summed E-state index contributed by atoms with van der Waals surface area (Å²) in [4.78, 5) is 15.1. The van der Waals surface area contributed by atoms with Gasteiger partial charge >= 0.3 is 0 Å². The summed E-state index contributed by atoms with van der Waals surface area (Å²) in [5.41, 5.74) is 2.29. The van der Waals surface area contributed by atoms with Crippen molar-refractivity contribution in [3.8, 4) is 0 Å². The first-order chi connectivity index (χ1) is 12.9. The molecule has 0 bridgehead atoms. The standard InChI is InChI=1S/C21H26N2O3S/c1-16(2)27(25,26)20-11-9-17(10-12-20)21(24)22-18-7-6-8-19(15-18)23-13-4-3-5-14-23/h6-12,15-16H,3-5,13-14H2,1-2H3,(H,22,24). The number of piperidine rings is 1. The van der Waals surface area contributed by atoms with E-state index in [4.69, 9.17) is 0 Å². The minimum absolute atomic E-state index is 0.237. The Hall–Kier alpha value is -2.34. The molecule has 1 N–H and O–H groups in total. The minimum atomic E-state index is -3.33. The van der Waals surface area contributed by atoms with E-state index < -0.39 is 15.1 Å². The third-order valence-corrected chi connectivity index (χ3v) is 7.06. The van der Waals surface area contributed by atoms with Gasteiger partial charge in [0.25, 0.3) is 5.91 Å². The average Bonchev–Trinajstić information content (AvgIpc) is 2.69. The van der Waals surface area contributed by atoms with E-state index in [1.54, 1.807) is 26.0 Å². The van der Waals surface area contributed by atoms with Gasteiger partial charge in [-0.1, -0.05) is 6.07 Å². The highest BCUT2D eigenvalue weighted by Gasteiger charge is 2.19. The monoisotopic (exact) mass is 386 g/mol. The Bertz CT molecular complexity index is 899. The number of amides is 1. The normalized spacial score (nSPS) is 15.0. The van der Waals surface area contributed by atoms with Gasteiger partial charge in [0.2, 0.25) is 0 Å². The highest BCUT2D eigenvalue weighted by Crippen LogP contribution is 2.23. The molecular formula is C21H26N2O3S. The Morgan fingerprint density at radius 2 is 1.67 bits per heavy atom. The van der Waals surface area contributed by atoms with Crippen LogP contribution >= 0.6 is 0 Å². The van der Waals surface area contributed by atoms with Crippen molar-refractivity contribution < 1.29 is 13.2 Å². The summed E-state index contributed by atoms with van der Waals surface area (Å²) in [6, 6.07) is 14.0. The van der Waals surface area contributed by atoms with Gasteiger partial charge in [0.05, 0.1) is 10.1 Å². The fraction of sp³-hybridized carbons (Fsp3) is 0.381. The second kappa shape index (κ2) is 8.13. The third-order valence-electron chi connectivity index (χ3n) is 4.89. The van der Waals surface area contributed by atoms with Crippen molar-refractivity contribution in [1.82, 2.24) is 0 Å². The van der Waals surface area contributed by atoms with E-state index in [0.29, 0.717) is 5.56 Å². The fourth-order valence-corrected chi connectivity index (χ4v) is 4.26. The molecule has 27 heavy (non-hydrogen) atoms. The smallest absolute Gasteiger partial charge is 0.255 e. The number of hydrogen-bond donors (Lipinski definition) is 1. The summed E-state index contributed by atoms with van der Waals surface area (Å²) in [5, 5.41) is 2.41. The second-order valence-corrected chi connectivity index (χ2v) is 9.67. The molecule has 1 aliphatic rings. The number of hydrogen-bond acceptors (Lipinski definition) is 4. The predicted octanol–water partition coefficient (Wildman–Crippen LogP) is 4.11. The number of benzene rings is 2. The van der Waals surface area contributed by atoms with Crippen molar-refractivity contribution in [2.24, 2.45) is 0 Å². The lowest BCUT2D eigenvalue weighted by molar-refractivity contribution is 0.102. The first-order valence-electron chi connectivity index (χ1n) is 9.38. The van der Waals surface area contributed by atoms with Gasteiger partial charge in [-0.3, -0.25) is 4.79 Å². The van der Waals surface area contributed by atoms with Crippen LogP contribution in [-0.2, 0) is 9.84 Å². The maximum absolute atomic E-state index is 12.5. The van der Waals surface area contributed by atoms with Crippen molar-refractivity contribution >= 4 is 27.1 Å². The number of sulfone groups is 1. The first kappa shape index (κ1) is 19.4. The molecule has 2 aromatic carbocycles. The van der Waals surface area contributed by atoms with Crippen molar-refractivity contribution in [3.63, 3.8) is 0 Å². The summed E-state index contributed by atoms with van der Waals surface area (Å²) in [6.45, 7) is 5.38. The van der Waals surface area contributed by atoms with E-state index in [9.17, 15) is 13.2 Å². The zero-order chi connectivity index (χ0) is 19.4. The van der Waals surface area contributed by atoms with Crippen LogP contribution in [0.1, 0.15) is 43.5 Å². The lowest BCUT2D eigenvalue weighted by Gasteiger charge is -2.29. The number of carbonyl (C=O) groups is 1. The summed E-state index contributed by atoms with van der Waals surface area (Å²) < 4.78 is 24.4. The summed E-state index contributed by atoms with van der Waals surface area (Å²) in [5.74, 6) is -0.251. The topological polar surface area (TPSA) is 66.5 Å². The van der Waals surface area contributed by atoms with Crippen molar-refractivity contribution in [1.29, 1.82) is 0 Å². The van der Waals surface area contributed by atoms with Gasteiger partial charge in [0.15, 0.2) is 9.84 Å². The quantitative estimate of drug-likeness (QED) is 0.840. The summed E-state index contributed by atoms with van der Waals surface area (Å²) in [7, 11) is -3.33. The van der Waals surface area contributed by atoms with E-state index in [1.165, 1.54) is 31.4 Å². The Morgan fingerprint density at radius 3 is 2.30 bits per heavy atom. The van der Waals surface area contributed by atoms with Gasteiger partial charge in [-0.2, -0.15) is 0 Å². The summed E-state index contributed by atoms with van der Waals surface area (Å²) >= 11 is 0. The number of rotatable bonds is 5. The fourth-order valence-electron chi connectivity index (χ4n) is 3.20. The van der Waals surface area contributed by atoms with E-state index in [1.807, 2.05) is 18.2 Å². The molecule has 1 saturated heterocycles. The van der Waals surface area contributed by atoms with E-state index >= 15 is 0 Å². The first-order valence-corrected chi connectivity index (χ1v) is 10.9. The van der Waals surface area contributed by atoms with E-state index in [-0.39, 0.29) is 10.8 Å². The van der Waals surface area contributed by atoms with Gasteiger partial charge in [-0.15, -0.1) is 0 Å². The van der Waals surface area contributed by atoms with Crippen LogP contribution in [0.5, 0.6) is 0 Å². The van der Waals surface area contributed by atoms with Gasteiger partial charge < -0.3 is 10.2 Å². The Labute approximate surface area is 161 Å². The lowest BCUT2D eigenvalue weighted by Crippen LogP contribution is -2.29. The van der Waals surface area contributed by atoms with E-state index in [0.717, 1.165) is 24.5 Å². The van der Waals surface area contributed by atoms with Crippen LogP contribution in [0.25, 0.3) is 0 Å². The molecule has 1 heterocycles. The van der Waals surface area contributed by atoms with Gasteiger partial charge in [-0.25, -0.2) is 8.42 Å². The molecule has 6 heteroatoms. The molecule has 0 spiro atoms. The minimum Gasteiger partial charge on any atom is -0.371 e. The molecule has 0 radical (unpaired) electrons. The predicted molar refractivity (Wildman–Crippen MR) is 109 cm³/mol. The van der Waals surface area contributed by atoms with Crippen LogP contribution in [0, 0.1) is 0 Å². The maximum Gasteiger partial charge on any atom is 0.255 e. The van der Waals surface area contributed by atoms with Gasteiger partial charge in [0.1, 0.15) is 0 Å². The summed E-state index contributed by atoms with van der Waals surface area (Å²) in [6.07, 6.45) is 3.67. The molecule has 3 rings (SSSR count). The molecule has 2 aromatic rings. The van der Waals surface area contributed by atoms with Gasteiger partial charge in [0, 0.05) is 30.0 Å². The zero-order valence-corrected chi connectivity index (χ0v) is 16.6. The number of anilines is 2. The largest absolute Gasteiger partial charge is 0.371 e. The molecule has 0 aromatic heterocycles. The van der Waals surface area contributed by atoms with Crippen LogP contribution in [0.4, 0.5) is 11.4 Å². The zero-order valence-electron chi connectivity index (χ0n) is 15.8.